The van der Waals surface area contributed by atoms with Crippen LogP contribution in [0.3, 0.4) is 0 Å². The summed E-state index contributed by atoms with van der Waals surface area (Å²) in [6, 6.07) is 6.92. The van der Waals surface area contributed by atoms with E-state index in [0.717, 1.165) is 5.56 Å². The van der Waals surface area contributed by atoms with E-state index in [1.807, 2.05) is 6.07 Å². The van der Waals surface area contributed by atoms with Crippen LogP contribution in [-0.4, -0.2) is 11.1 Å². The third-order valence-electron chi connectivity index (χ3n) is 1.82. The number of phenolic OH excluding ortho intramolecular Hbond substituents is 1. The number of aliphatic carboxylic acids is 1. The molecule has 0 bridgehead atoms. The second kappa shape index (κ2) is 4.50. The summed E-state index contributed by atoms with van der Waals surface area (Å²) in [5, 5.41) is 19.4. The molecule has 0 saturated heterocycles. The fraction of sp³-hybridized carbons (Fsp3) is 0.300. The molecular weight excluding hydrogens is 168 g/mol. The van der Waals surface area contributed by atoms with Crippen molar-refractivity contribution < 1.29 is 15.0 Å². The minimum absolute atomic E-state index is 0.0360. The maximum absolute atomic E-state index is 10.1. The van der Waals surface area contributed by atoms with E-state index < -0.39 is 5.97 Å². The SMILES string of the molecule is O=C([O-])CCCc1ccccc1O. The van der Waals surface area contributed by atoms with Crippen molar-refractivity contribution in [2.75, 3.05) is 0 Å². The summed E-state index contributed by atoms with van der Waals surface area (Å²) < 4.78 is 0. The lowest BCUT2D eigenvalue weighted by atomic mass is 10.1. The smallest absolute Gasteiger partial charge is 0.118 e. The lowest BCUT2D eigenvalue weighted by Gasteiger charge is -2.04. The summed E-state index contributed by atoms with van der Waals surface area (Å²) in [7, 11) is 0. The van der Waals surface area contributed by atoms with Gasteiger partial charge < -0.3 is 15.0 Å². The average molecular weight is 179 g/mol. The van der Waals surface area contributed by atoms with Crippen LogP contribution in [0.4, 0.5) is 0 Å². The van der Waals surface area contributed by atoms with Crippen molar-refractivity contribution in [1.29, 1.82) is 0 Å². The molecule has 0 heterocycles. The molecule has 0 atom stereocenters. The third kappa shape index (κ3) is 3.15. The zero-order valence-electron chi connectivity index (χ0n) is 7.19. The lowest BCUT2D eigenvalue weighted by molar-refractivity contribution is -0.305. The van der Waals surface area contributed by atoms with Gasteiger partial charge in [-0.2, -0.15) is 0 Å². The Balaban J connectivity index is 2.45. The summed E-state index contributed by atoms with van der Waals surface area (Å²) in [4.78, 5) is 10.1. The van der Waals surface area contributed by atoms with Gasteiger partial charge in [-0.05, 0) is 30.9 Å². The highest BCUT2D eigenvalue weighted by Gasteiger charge is 1.98. The second-order valence-corrected chi connectivity index (χ2v) is 2.85. The Bertz CT molecular complexity index is 294. The predicted octanol–water partition coefficient (Wildman–Crippen LogP) is 0.465. The molecule has 1 rings (SSSR count). The summed E-state index contributed by atoms with van der Waals surface area (Å²) in [5.41, 5.74) is 0.781. The van der Waals surface area contributed by atoms with Crippen molar-refractivity contribution in [3.63, 3.8) is 0 Å². The van der Waals surface area contributed by atoms with E-state index in [0.29, 0.717) is 12.8 Å². The Hall–Kier alpha value is -1.51. The van der Waals surface area contributed by atoms with Crippen molar-refractivity contribution >= 4 is 5.97 Å². The first-order valence-electron chi connectivity index (χ1n) is 4.17. The Morgan fingerprint density at radius 1 is 1.38 bits per heavy atom. The van der Waals surface area contributed by atoms with Gasteiger partial charge in [-0.15, -0.1) is 0 Å². The van der Waals surface area contributed by atoms with Gasteiger partial charge in [0, 0.05) is 5.97 Å². The van der Waals surface area contributed by atoms with E-state index in [4.69, 9.17) is 0 Å². The van der Waals surface area contributed by atoms with Crippen LogP contribution in [0.15, 0.2) is 24.3 Å². The third-order valence-corrected chi connectivity index (χ3v) is 1.82. The van der Waals surface area contributed by atoms with E-state index in [1.165, 1.54) is 0 Å². The molecule has 1 N–H and O–H groups in total. The number of benzene rings is 1. The Labute approximate surface area is 76.6 Å². The Morgan fingerprint density at radius 3 is 2.69 bits per heavy atom. The number of carboxylic acid groups (broad SMARTS) is 1. The summed E-state index contributed by atoms with van der Waals surface area (Å²) in [6.07, 6.45) is 1.11. The molecule has 0 spiro atoms. The summed E-state index contributed by atoms with van der Waals surface area (Å²) in [6.45, 7) is 0. The fourth-order valence-electron chi connectivity index (χ4n) is 1.15. The van der Waals surface area contributed by atoms with Crippen LogP contribution in [-0.2, 0) is 11.2 Å². The van der Waals surface area contributed by atoms with Crippen molar-refractivity contribution in [1.82, 2.24) is 0 Å². The topological polar surface area (TPSA) is 60.4 Å². The van der Waals surface area contributed by atoms with Gasteiger partial charge in [0.25, 0.3) is 0 Å². The van der Waals surface area contributed by atoms with E-state index in [2.05, 4.69) is 0 Å². The van der Waals surface area contributed by atoms with E-state index in [-0.39, 0.29) is 12.2 Å². The molecule has 0 aliphatic rings. The first kappa shape index (κ1) is 9.58. The number of hydrogen-bond donors (Lipinski definition) is 1. The molecule has 0 unspecified atom stereocenters. The molecule has 3 heteroatoms. The zero-order valence-corrected chi connectivity index (χ0v) is 7.19. The lowest BCUT2D eigenvalue weighted by Crippen LogP contribution is -2.21. The molecule has 0 aliphatic heterocycles. The number of aromatic hydroxyl groups is 1. The van der Waals surface area contributed by atoms with Crippen molar-refractivity contribution in [2.45, 2.75) is 19.3 Å². The number of rotatable bonds is 4. The van der Waals surface area contributed by atoms with Gasteiger partial charge in [0.2, 0.25) is 0 Å². The number of carbonyl (C=O) groups excluding carboxylic acids is 1. The molecule has 70 valence electrons. The fourth-order valence-corrected chi connectivity index (χ4v) is 1.15. The molecule has 0 aromatic heterocycles. The molecule has 0 saturated carbocycles. The van der Waals surface area contributed by atoms with Gasteiger partial charge >= 0.3 is 0 Å². The highest BCUT2D eigenvalue weighted by Crippen LogP contribution is 2.17. The van der Waals surface area contributed by atoms with Crippen molar-refractivity contribution in [3.05, 3.63) is 29.8 Å². The largest absolute Gasteiger partial charge is 0.550 e. The first-order valence-corrected chi connectivity index (χ1v) is 4.17. The van der Waals surface area contributed by atoms with Crippen LogP contribution in [0, 0.1) is 0 Å². The van der Waals surface area contributed by atoms with E-state index in [9.17, 15) is 15.0 Å². The molecule has 0 aliphatic carbocycles. The average Bonchev–Trinajstić information content (AvgIpc) is 2.08. The number of hydrogen-bond acceptors (Lipinski definition) is 3. The van der Waals surface area contributed by atoms with Crippen molar-refractivity contribution in [2.24, 2.45) is 0 Å². The van der Waals surface area contributed by atoms with Crippen LogP contribution in [0.1, 0.15) is 18.4 Å². The molecule has 1 aromatic rings. The Kier molecular flexibility index (Phi) is 3.31. The van der Waals surface area contributed by atoms with Crippen molar-refractivity contribution in [3.8, 4) is 5.75 Å². The maximum Gasteiger partial charge on any atom is 0.118 e. The number of phenols is 1. The molecule has 0 amide bonds. The van der Waals surface area contributed by atoms with E-state index in [1.54, 1.807) is 18.2 Å². The van der Waals surface area contributed by atoms with Crippen LogP contribution in [0.5, 0.6) is 5.75 Å². The van der Waals surface area contributed by atoms with Crippen LogP contribution in [0.2, 0.25) is 0 Å². The highest BCUT2D eigenvalue weighted by molar-refractivity contribution is 5.64. The molecule has 1 aromatic carbocycles. The standard InChI is InChI=1S/C10H12O3/c11-9-6-2-1-4-8(9)5-3-7-10(12)13/h1-2,4,6,11H,3,5,7H2,(H,12,13)/p-1. The highest BCUT2D eigenvalue weighted by atomic mass is 16.4. The van der Waals surface area contributed by atoms with Crippen LogP contribution in [0.25, 0.3) is 0 Å². The predicted molar refractivity (Wildman–Crippen MR) is 46.1 cm³/mol. The second-order valence-electron chi connectivity index (χ2n) is 2.85. The summed E-state index contributed by atoms with van der Waals surface area (Å²) >= 11 is 0. The van der Waals surface area contributed by atoms with Crippen LogP contribution >= 0.6 is 0 Å². The quantitative estimate of drug-likeness (QED) is 0.730. The van der Waals surface area contributed by atoms with Gasteiger partial charge in [-0.1, -0.05) is 18.2 Å². The molecule has 13 heavy (non-hydrogen) atoms. The molecular formula is C10H11O3-. The maximum atomic E-state index is 10.1. The number of carboxylic acids is 1. The van der Waals surface area contributed by atoms with Gasteiger partial charge in [-0.25, -0.2) is 0 Å². The molecule has 3 nitrogen and oxygen atoms in total. The van der Waals surface area contributed by atoms with Gasteiger partial charge in [0.1, 0.15) is 5.75 Å². The monoisotopic (exact) mass is 179 g/mol. The zero-order chi connectivity index (χ0) is 9.68. The normalized spacial score (nSPS) is 9.85. The van der Waals surface area contributed by atoms with Crippen LogP contribution < -0.4 is 5.11 Å². The summed E-state index contributed by atoms with van der Waals surface area (Å²) in [5.74, 6) is -0.823. The Morgan fingerprint density at radius 2 is 2.08 bits per heavy atom. The number of aryl methyl sites for hydroxylation is 1. The van der Waals surface area contributed by atoms with Gasteiger partial charge in [-0.3, -0.25) is 0 Å². The molecule has 0 fully saturated rings. The van der Waals surface area contributed by atoms with Gasteiger partial charge in [0.05, 0.1) is 0 Å². The van der Waals surface area contributed by atoms with Gasteiger partial charge in [0.15, 0.2) is 0 Å². The minimum Gasteiger partial charge on any atom is -0.550 e. The number of para-hydroxylation sites is 1. The minimum atomic E-state index is -1.05. The number of carbonyl (C=O) groups is 1. The molecule has 0 radical (unpaired) electrons. The van der Waals surface area contributed by atoms with E-state index >= 15 is 0 Å². The first-order chi connectivity index (χ1) is 6.20.